The highest BCUT2D eigenvalue weighted by Crippen LogP contribution is 2.19. The van der Waals surface area contributed by atoms with Gasteiger partial charge in [0.15, 0.2) is 0 Å². The number of hydrogen-bond acceptors (Lipinski definition) is 2. The highest BCUT2D eigenvalue weighted by molar-refractivity contribution is 5.20. The van der Waals surface area contributed by atoms with Crippen molar-refractivity contribution < 1.29 is 4.39 Å². The van der Waals surface area contributed by atoms with Crippen LogP contribution in [0.25, 0.3) is 0 Å². The average molecular weight is 210 g/mol. The minimum atomic E-state index is -0.135. The summed E-state index contributed by atoms with van der Waals surface area (Å²) in [7, 11) is 0. The van der Waals surface area contributed by atoms with Crippen LogP contribution >= 0.6 is 0 Å². The maximum atomic E-state index is 13.5. The van der Waals surface area contributed by atoms with E-state index in [9.17, 15) is 4.39 Å². The van der Waals surface area contributed by atoms with Gasteiger partial charge in [0.1, 0.15) is 5.82 Å². The van der Waals surface area contributed by atoms with E-state index >= 15 is 0 Å². The molecule has 1 unspecified atom stereocenters. The molecule has 1 aromatic rings. The summed E-state index contributed by atoms with van der Waals surface area (Å²) in [5, 5.41) is 3.31. The third kappa shape index (κ3) is 3.61. The Labute approximate surface area is 90.7 Å². The number of hydrogen-bond donors (Lipinski definition) is 2. The summed E-state index contributed by atoms with van der Waals surface area (Å²) in [6.07, 6.45) is 1.80. The zero-order chi connectivity index (χ0) is 11.1. The predicted molar refractivity (Wildman–Crippen MR) is 61.1 cm³/mol. The van der Waals surface area contributed by atoms with E-state index in [-0.39, 0.29) is 11.9 Å². The molecule has 0 aliphatic carbocycles. The Morgan fingerprint density at radius 3 is 2.73 bits per heavy atom. The summed E-state index contributed by atoms with van der Waals surface area (Å²) >= 11 is 0. The van der Waals surface area contributed by atoms with E-state index in [4.69, 9.17) is 5.73 Å². The first-order valence-electron chi connectivity index (χ1n) is 5.47. The molecule has 0 fully saturated rings. The average Bonchev–Trinajstić information content (AvgIpc) is 2.26. The molecule has 0 bridgehead atoms. The van der Waals surface area contributed by atoms with E-state index in [1.54, 1.807) is 6.07 Å². The van der Waals surface area contributed by atoms with E-state index < -0.39 is 0 Å². The Balaban J connectivity index is 2.61. The van der Waals surface area contributed by atoms with Crippen LogP contribution in [0.4, 0.5) is 4.39 Å². The van der Waals surface area contributed by atoms with Crippen molar-refractivity contribution in [3.05, 3.63) is 35.6 Å². The zero-order valence-corrected chi connectivity index (χ0v) is 9.17. The van der Waals surface area contributed by atoms with Gasteiger partial charge < -0.3 is 11.1 Å². The molecular formula is C12H19FN2. The van der Waals surface area contributed by atoms with Crippen molar-refractivity contribution >= 4 is 0 Å². The van der Waals surface area contributed by atoms with Crippen LogP contribution in [0.2, 0.25) is 0 Å². The molecule has 0 spiro atoms. The van der Waals surface area contributed by atoms with E-state index in [2.05, 4.69) is 5.32 Å². The highest BCUT2D eigenvalue weighted by Gasteiger charge is 2.11. The lowest BCUT2D eigenvalue weighted by molar-refractivity contribution is 0.485. The second-order valence-electron chi connectivity index (χ2n) is 3.58. The molecule has 3 N–H and O–H groups in total. The second-order valence-corrected chi connectivity index (χ2v) is 3.58. The summed E-state index contributed by atoms with van der Waals surface area (Å²) in [5.41, 5.74) is 6.16. The molecule has 0 heterocycles. The fourth-order valence-corrected chi connectivity index (χ4v) is 1.61. The first kappa shape index (κ1) is 12.1. The normalized spacial score (nSPS) is 12.7. The topological polar surface area (TPSA) is 38.0 Å². The van der Waals surface area contributed by atoms with E-state index in [1.165, 1.54) is 6.07 Å². The Kier molecular flexibility index (Phi) is 5.29. The molecule has 1 atom stereocenters. The maximum absolute atomic E-state index is 13.5. The summed E-state index contributed by atoms with van der Waals surface area (Å²) < 4.78 is 13.5. The van der Waals surface area contributed by atoms with Crippen molar-refractivity contribution in [2.75, 3.05) is 13.1 Å². The summed E-state index contributed by atoms with van der Waals surface area (Å²) in [6.45, 7) is 3.55. The molecule has 15 heavy (non-hydrogen) atoms. The third-order valence-electron chi connectivity index (χ3n) is 2.46. The standard InChI is InChI=1S/C12H19FN2/c1-2-12(15-9-5-8-14)10-6-3-4-7-11(10)13/h3-4,6-7,12,15H,2,5,8-9,14H2,1H3. The minimum absolute atomic E-state index is 0.0951. The van der Waals surface area contributed by atoms with Gasteiger partial charge >= 0.3 is 0 Å². The summed E-state index contributed by atoms with van der Waals surface area (Å²) in [5.74, 6) is -0.135. The number of rotatable bonds is 6. The zero-order valence-electron chi connectivity index (χ0n) is 9.17. The van der Waals surface area contributed by atoms with Gasteiger partial charge in [0.2, 0.25) is 0 Å². The summed E-state index contributed by atoms with van der Waals surface area (Å²) in [6, 6.07) is 7.01. The smallest absolute Gasteiger partial charge is 0.127 e. The van der Waals surface area contributed by atoms with Crippen molar-refractivity contribution in [1.29, 1.82) is 0 Å². The van der Waals surface area contributed by atoms with Crippen LogP contribution in [0, 0.1) is 5.82 Å². The number of nitrogens with one attached hydrogen (secondary N) is 1. The lowest BCUT2D eigenvalue weighted by Crippen LogP contribution is -2.24. The molecule has 1 rings (SSSR count). The van der Waals surface area contributed by atoms with Crippen LogP contribution in [-0.4, -0.2) is 13.1 Å². The van der Waals surface area contributed by atoms with Gasteiger partial charge in [0, 0.05) is 11.6 Å². The first-order chi connectivity index (χ1) is 7.29. The van der Waals surface area contributed by atoms with Gasteiger partial charge in [-0.25, -0.2) is 4.39 Å². The Morgan fingerprint density at radius 2 is 2.13 bits per heavy atom. The van der Waals surface area contributed by atoms with Crippen molar-refractivity contribution in [3.8, 4) is 0 Å². The summed E-state index contributed by atoms with van der Waals surface area (Å²) in [4.78, 5) is 0. The van der Waals surface area contributed by atoms with Crippen LogP contribution < -0.4 is 11.1 Å². The molecule has 0 aliphatic heterocycles. The molecule has 0 amide bonds. The van der Waals surface area contributed by atoms with Crippen LogP contribution in [0.5, 0.6) is 0 Å². The molecule has 0 saturated heterocycles. The lowest BCUT2D eigenvalue weighted by atomic mass is 10.0. The first-order valence-corrected chi connectivity index (χ1v) is 5.47. The lowest BCUT2D eigenvalue weighted by Gasteiger charge is -2.17. The Bertz CT molecular complexity index is 289. The van der Waals surface area contributed by atoms with Crippen molar-refractivity contribution in [3.63, 3.8) is 0 Å². The Morgan fingerprint density at radius 1 is 1.40 bits per heavy atom. The van der Waals surface area contributed by atoms with Crippen LogP contribution in [0.1, 0.15) is 31.4 Å². The second kappa shape index (κ2) is 6.53. The van der Waals surface area contributed by atoms with Gasteiger partial charge in [-0.2, -0.15) is 0 Å². The van der Waals surface area contributed by atoms with Crippen molar-refractivity contribution in [2.45, 2.75) is 25.8 Å². The quantitative estimate of drug-likeness (QED) is 0.706. The fraction of sp³-hybridized carbons (Fsp3) is 0.500. The molecule has 1 aromatic carbocycles. The van der Waals surface area contributed by atoms with E-state index in [1.807, 2.05) is 19.1 Å². The van der Waals surface area contributed by atoms with Crippen molar-refractivity contribution in [1.82, 2.24) is 5.32 Å². The van der Waals surface area contributed by atoms with Gasteiger partial charge in [-0.1, -0.05) is 25.1 Å². The number of nitrogens with two attached hydrogens (primary N) is 1. The predicted octanol–water partition coefficient (Wildman–Crippen LogP) is 2.22. The van der Waals surface area contributed by atoms with Crippen LogP contribution in [0.15, 0.2) is 24.3 Å². The minimum Gasteiger partial charge on any atom is -0.330 e. The Hall–Kier alpha value is -0.930. The third-order valence-corrected chi connectivity index (χ3v) is 2.46. The number of benzene rings is 1. The van der Waals surface area contributed by atoms with Gasteiger partial charge in [-0.15, -0.1) is 0 Å². The molecule has 2 nitrogen and oxygen atoms in total. The molecule has 0 radical (unpaired) electrons. The van der Waals surface area contributed by atoms with E-state index in [0.29, 0.717) is 6.54 Å². The number of halogens is 1. The van der Waals surface area contributed by atoms with Crippen molar-refractivity contribution in [2.24, 2.45) is 5.73 Å². The largest absolute Gasteiger partial charge is 0.330 e. The molecule has 0 saturated carbocycles. The SMILES string of the molecule is CCC(NCCCN)c1ccccc1F. The molecule has 3 heteroatoms. The maximum Gasteiger partial charge on any atom is 0.127 e. The van der Waals surface area contributed by atoms with Crippen LogP contribution in [-0.2, 0) is 0 Å². The van der Waals surface area contributed by atoms with E-state index in [0.717, 1.165) is 24.9 Å². The molecular weight excluding hydrogens is 191 g/mol. The van der Waals surface area contributed by atoms with Gasteiger partial charge in [-0.3, -0.25) is 0 Å². The molecule has 0 aromatic heterocycles. The highest BCUT2D eigenvalue weighted by atomic mass is 19.1. The monoisotopic (exact) mass is 210 g/mol. The van der Waals surface area contributed by atoms with Gasteiger partial charge in [0.05, 0.1) is 0 Å². The fourth-order valence-electron chi connectivity index (χ4n) is 1.61. The van der Waals surface area contributed by atoms with Crippen LogP contribution in [0.3, 0.4) is 0 Å². The van der Waals surface area contributed by atoms with Gasteiger partial charge in [-0.05, 0) is 32.0 Å². The molecule has 84 valence electrons. The molecule has 0 aliphatic rings. The van der Waals surface area contributed by atoms with Gasteiger partial charge in [0.25, 0.3) is 0 Å².